The summed E-state index contributed by atoms with van der Waals surface area (Å²) in [6.45, 7) is 4.68. The van der Waals surface area contributed by atoms with Crippen LogP contribution in [0.15, 0.2) is 18.2 Å². The van der Waals surface area contributed by atoms with E-state index in [0.717, 1.165) is 5.33 Å². The molecule has 0 fully saturated rings. The van der Waals surface area contributed by atoms with E-state index in [1.54, 1.807) is 12.1 Å². The first-order chi connectivity index (χ1) is 7.56. The van der Waals surface area contributed by atoms with E-state index >= 15 is 0 Å². The van der Waals surface area contributed by atoms with Gasteiger partial charge < -0.3 is 4.74 Å². The van der Waals surface area contributed by atoms with Gasteiger partial charge in [0.1, 0.15) is 0 Å². The fraction of sp³-hybridized carbons (Fsp3) is 0.500. The lowest BCUT2D eigenvalue weighted by molar-refractivity contribution is 0.220. The Balaban J connectivity index is 2.67. The molecule has 0 saturated heterocycles. The Hall–Kier alpha value is -0.280. The number of halogens is 3. The van der Waals surface area contributed by atoms with Gasteiger partial charge in [0.25, 0.3) is 0 Å². The van der Waals surface area contributed by atoms with Crippen LogP contribution in [0.25, 0.3) is 0 Å². The van der Waals surface area contributed by atoms with E-state index in [2.05, 4.69) is 29.8 Å². The van der Waals surface area contributed by atoms with E-state index in [1.807, 2.05) is 0 Å². The molecule has 16 heavy (non-hydrogen) atoms. The second kappa shape index (κ2) is 6.45. The number of hydrogen-bond acceptors (Lipinski definition) is 1. The average Bonchev–Trinajstić information content (AvgIpc) is 2.22. The number of hydrogen-bond donors (Lipinski definition) is 0. The summed E-state index contributed by atoms with van der Waals surface area (Å²) in [5.74, 6) is 0.556. The van der Waals surface area contributed by atoms with Gasteiger partial charge >= 0.3 is 0 Å². The van der Waals surface area contributed by atoms with Crippen molar-refractivity contribution in [1.82, 2.24) is 0 Å². The van der Waals surface area contributed by atoms with Crippen LogP contribution in [0.4, 0.5) is 4.39 Å². The van der Waals surface area contributed by atoms with E-state index in [1.165, 1.54) is 6.07 Å². The van der Waals surface area contributed by atoms with Gasteiger partial charge in [-0.1, -0.05) is 47.4 Å². The maximum atomic E-state index is 13.4. The molecule has 0 aliphatic rings. The lowest BCUT2D eigenvalue weighted by atomic mass is 9.99. The lowest BCUT2D eigenvalue weighted by Gasteiger charge is -2.19. The zero-order valence-electron chi connectivity index (χ0n) is 9.34. The quantitative estimate of drug-likeness (QED) is 0.726. The number of ether oxygens (including phenoxy) is 1. The first kappa shape index (κ1) is 13.8. The molecule has 0 aliphatic carbocycles. The highest BCUT2D eigenvalue weighted by Crippen LogP contribution is 2.28. The minimum atomic E-state index is -0.412. The van der Waals surface area contributed by atoms with Crippen molar-refractivity contribution in [2.24, 2.45) is 11.8 Å². The van der Waals surface area contributed by atoms with Crippen molar-refractivity contribution in [3.8, 4) is 5.75 Å². The van der Waals surface area contributed by atoms with Gasteiger partial charge in [-0.15, -0.1) is 0 Å². The molecule has 4 heteroatoms. The molecular weight excluding hydrogens is 294 g/mol. The molecule has 1 atom stereocenters. The molecular formula is C12H15BrClFO. The largest absolute Gasteiger partial charge is 0.489 e. The predicted octanol–water partition coefficient (Wildman–Crippen LogP) is 4.53. The second-order valence-corrected chi connectivity index (χ2v) is 5.07. The molecule has 0 bridgehead atoms. The van der Waals surface area contributed by atoms with Crippen molar-refractivity contribution < 1.29 is 9.13 Å². The van der Waals surface area contributed by atoms with E-state index < -0.39 is 5.82 Å². The number of benzene rings is 1. The Morgan fingerprint density at radius 3 is 2.62 bits per heavy atom. The summed E-state index contributed by atoms with van der Waals surface area (Å²) in [5, 5.41) is 1.15. The van der Waals surface area contributed by atoms with Crippen LogP contribution in [-0.4, -0.2) is 11.9 Å². The molecule has 0 aliphatic heterocycles. The molecule has 1 unspecified atom stereocenters. The Labute approximate surface area is 109 Å². The van der Waals surface area contributed by atoms with Gasteiger partial charge in [0.15, 0.2) is 11.6 Å². The maximum Gasteiger partial charge on any atom is 0.173 e. The summed E-state index contributed by atoms with van der Waals surface area (Å²) < 4.78 is 18.8. The topological polar surface area (TPSA) is 9.23 Å². The second-order valence-electron chi connectivity index (χ2n) is 4.02. The Morgan fingerprint density at radius 2 is 2.12 bits per heavy atom. The molecule has 1 aromatic rings. The molecule has 0 N–H and O–H groups in total. The normalized spacial score (nSPS) is 12.9. The van der Waals surface area contributed by atoms with Crippen LogP contribution in [0.1, 0.15) is 13.8 Å². The number of para-hydroxylation sites is 1. The van der Waals surface area contributed by atoms with Gasteiger partial charge in [0.05, 0.1) is 11.6 Å². The van der Waals surface area contributed by atoms with Crippen molar-refractivity contribution >= 4 is 27.5 Å². The van der Waals surface area contributed by atoms with Crippen LogP contribution in [0, 0.1) is 17.7 Å². The van der Waals surface area contributed by atoms with Crippen molar-refractivity contribution in [3.05, 3.63) is 29.0 Å². The van der Waals surface area contributed by atoms with Crippen molar-refractivity contribution in [2.45, 2.75) is 13.8 Å². The van der Waals surface area contributed by atoms with Gasteiger partial charge in [-0.25, -0.2) is 4.39 Å². The molecule has 1 rings (SSSR count). The average molecular weight is 310 g/mol. The van der Waals surface area contributed by atoms with E-state index in [0.29, 0.717) is 23.5 Å². The van der Waals surface area contributed by atoms with Crippen LogP contribution in [0.2, 0.25) is 5.02 Å². The smallest absolute Gasteiger partial charge is 0.173 e. The van der Waals surface area contributed by atoms with Crippen LogP contribution in [0.5, 0.6) is 5.75 Å². The van der Waals surface area contributed by atoms with Gasteiger partial charge in [-0.2, -0.15) is 0 Å². The van der Waals surface area contributed by atoms with Gasteiger partial charge in [-0.3, -0.25) is 0 Å². The number of alkyl halides is 1. The third kappa shape index (κ3) is 3.63. The van der Waals surface area contributed by atoms with Gasteiger partial charge in [0, 0.05) is 11.2 Å². The first-order valence-electron chi connectivity index (χ1n) is 5.19. The van der Waals surface area contributed by atoms with Crippen LogP contribution < -0.4 is 4.74 Å². The van der Waals surface area contributed by atoms with Crippen LogP contribution in [-0.2, 0) is 0 Å². The third-order valence-electron chi connectivity index (χ3n) is 2.50. The standard InChI is InChI=1S/C12H15BrClFO/c1-8(2)9(6-13)7-16-12-10(14)4-3-5-11(12)15/h3-5,8-9H,6-7H2,1-2H3. The fourth-order valence-corrected chi connectivity index (χ4v) is 2.38. The highest BCUT2D eigenvalue weighted by Gasteiger charge is 2.15. The molecule has 1 aromatic carbocycles. The molecule has 0 saturated carbocycles. The summed E-state index contributed by atoms with van der Waals surface area (Å²) in [7, 11) is 0. The molecule has 90 valence electrons. The molecule has 1 nitrogen and oxygen atoms in total. The number of rotatable bonds is 5. The summed E-state index contributed by atoms with van der Waals surface area (Å²) in [6, 6.07) is 4.53. The summed E-state index contributed by atoms with van der Waals surface area (Å²) in [5.41, 5.74) is 0. The lowest BCUT2D eigenvalue weighted by Crippen LogP contribution is -2.19. The summed E-state index contributed by atoms with van der Waals surface area (Å²) in [6.07, 6.45) is 0. The van der Waals surface area contributed by atoms with Crippen LogP contribution >= 0.6 is 27.5 Å². The van der Waals surface area contributed by atoms with E-state index in [-0.39, 0.29) is 5.75 Å². The Bertz CT molecular complexity index is 324. The van der Waals surface area contributed by atoms with Crippen molar-refractivity contribution in [3.63, 3.8) is 0 Å². The molecule has 0 spiro atoms. The predicted molar refractivity (Wildman–Crippen MR) is 69.0 cm³/mol. The fourth-order valence-electron chi connectivity index (χ4n) is 1.23. The summed E-state index contributed by atoms with van der Waals surface area (Å²) >= 11 is 9.28. The molecule has 0 heterocycles. The first-order valence-corrected chi connectivity index (χ1v) is 6.69. The van der Waals surface area contributed by atoms with Gasteiger partial charge in [-0.05, 0) is 18.1 Å². The SMILES string of the molecule is CC(C)C(CBr)COc1c(F)cccc1Cl. The molecule has 0 radical (unpaired) electrons. The highest BCUT2D eigenvalue weighted by molar-refractivity contribution is 9.09. The van der Waals surface area contributed by atoms with Crippen LogP contribution in [0.3, 0.4) is 0 Å². The highest BCUT2D eigenvalue weighted by atomic mass is 79.9. The van der Waals surface area contributed by atoms with Gasteiger partial charge in [0.2, 0.25) is 0 Å². The maximum absolute atomic E-state index is 13.4. The van der Waals surface area contributed by atoms with E-state index in [9.17, 15) is 4.39 Å². The zero-order chi connectivity index (χ0) is 12.1. The minimum Gasteiger partial charge on any atom is -0.489 e. The van der Waals surface area contributed by atoms with Crippen molar-refractivity contribution in [1.29, 1.82) is 0 Å². The zero-order valence-corrected chi connectivity index (χ0v) is 11.7. The van der Waals surface area contributed by atoms with E-state index in [4.69, 9.17) is 16.3 Å². The monoisotopic (exact) mass is 308 g/mol. The summed E-state index contributed by atoms with van der Waals surface area (Å²) in [4.78, 5) is 0. The Kier molecular flexibility index (Phi) is 5.56. The Morgan fingerprint density at radius 1 is 1.44 bits per heavy atom. The minimum absolute atomic E-state index is 0.149. The van der Waals surface area contributed by atoms with Crippen molar-refractivity contribution in [2.75, 3.05) is 11.9 Å². The third-order valence-corrected chi connectivity index (χ3v) is 3.63. The molecule has 0 aromatic heterocycles. The molecule has 0 amide bonds.